The Morgan fingerprint density at radius 3 is 2.25 bits per heavy atom. The average Bonchev–Trinajstić information content (AvgIpc) is 1.37. The van der Waals surface area contributed by atoms with Crippen molar-refractivity contribution < 1.29 is 0 Å². The van der Waals surface area contributed by atoms with Crippen LogP contribution in [0.3, 0.4) is 0 Å². The van der Waals surface area contributed by atoms with E-state index in [1.54, 1.807) is 0 Å². The molecule has 0 saturated carbocycles. The molecule has 0 aromatic heterocycles. The maximum atomic E-state index is 4.81. The van der Waals surface area contributed by atoms with E-state index in [-0.39, 0.29) is 0 Å². The van der Waals surface area contributed by atoms with Gasteiger partial charge in [-0.3, -0.25) is 0 Å². The first-order valence-corrected chi connectivity index (χ1v) is 1.37. The molecule has 0 atom stereocenters. The lowest BCUT2D eigenvalue weighted by Crippen LogP contribution is -1.95. The highest BCUT2D eigenvalue weighted by molar-refractivity contribution is 7.79. The molecule has 0 fully saturated rings. The number of nitrogens with two attached hydrogens (primary N) is 1. The van der Waals surface area contributed by atoms with Gasteiger partial charge in [0.15, 0.2) is 0 Å². The molecule has 2 N–H and O–H groups in total. The van der Waals surface area contributed by atoms with Crippen molar-refractivity contribution in [2.75, 3.05) is 6.54 Å². The molecule has 0 aliphatic carbocycles. The van der Waals surface area contributed by atoms with E-state index in [2.05, 4.69) is 17.6 Å². The van der Waals surface area contributed by atoms with Crippen molar-refractivity contribution >= 4 is 17.6 Å². The predicted octanol–water partition coefficient (Wildman–Crippen LogP) is -0.178. The van der Waals surface area contributed by atoms with E-state index in [9.17, 15) is 0 Å². The zero-order valence-corrected chi connectivity index (χ0v) is 3.01. The van der Waals surface area contributed by atoms with Crippen molar-refractivity contribution in [3.05, 3.63) is 0 Å². The second kappa shape index (κ2) is 3.05. The third kappa shape index (κ3) is 2.05. The van der Waals surface area contributed by atoms with Crippen LogP contribution in [-0.4, -0.2) is 11.9 Å². The minimum atomic E-state index is 0.384. The van der Waals surface area contributed by atoms with Crippen molar-refractivity contribution in [2.24, 2.45) is 5.73 Å². The fraction of sp³-hybridized carbons (Fsp3) is 0.500. The standard InChI is InChI=1S/C2H4NS/c3-1-2-4/h1,3H2. The summed E-state index contributed by atoms with van der Waals surface area (Å²) < 4.78 is 0. The normalized spacial score (nSPS) is 6.25. The minimum absolute atomic E-state index is 0.384. The molecule has 1 nitrogen and oxygen atoms in total. The number of hydrogen-bond acceptors (Lipinski definition) is 2. The smallest absolute Gasteiger partial charge is 0.0440 e. The molecular weight excluding hydrogens is 70.1 g/mol. The molecule has 0 saturated heterocycles. The Balaban J connectivity index is 2.30. The summed E-state index contributed by atoms with van der Waals surface area (Å²) in [5.74, 6) is 0. The van der Waals surface area contributed by atoms with Crippen LogP contribution in [-0.2, 0) is 0 Å². The second-order valence-electron chi connectivity index (χ2n) is 0.348. The maximum Gasteiger partial charge on any atom is 0.0440 e. The fourth-order valence-electron chi connectivity index (χ4n) is 0. The van der Waals surface area contributed by atoms with E-state index in [0.29, 0.717) is 6.54 Å². The molecule has 0 rings (SSSR count). The Morgan fingerprint density at radius 2 is 2.25 bits per heavy atom. The van der Waals surface area contributed by atoms with Crippen molar-refractivity contribution in [1.82, 2.24) is 0 Å². The monoisotopic (exact) mass is 74.0 g/mol. The van der Waals surface area contributed by atoms with Crippen molar-refractivity contribution in [3.63, 3.8) is 0 Å². The van der Waals surface area contributed by atoms with E-state index in [1.807, 2.05) is 0 Å². The largest absolute Gasteiger partial charge is 0.326 e. The molecule has 4 heavy (non-hydrogen) atoms. The lowest BCUT2D eigenvalue weighted by molar-refractivity contribution is 1.36. The lowest BCUT2D eigenvalue weighted by Gasteiger charge is -1.56. The molecule has 0 bridgehead atoms. The van der Waals surface area contributed by atoms with Crippen LogP contribution >= 0.6 is 12.2 Å². The Bertz CT molecular complexity index is 20.0. The molecule has 0 amide bonds. The molecule has 0 unspecified atom stereocenters. The van der Waals surface area contributed by atoms with Crippen LogP contribution in [0.5, 0.6) is 0 Å². The van der Waals surface area contributed by atoms with Gasteiger partial charge in [0.1, 0.15) is 0 Å². The highest BCUT2D eigenvalue weighted by Crippen LogP contribution is 1.34. The van der Waals surface area contributed by atoms with Gasteiger partial charge < -0.3 is 5.73 Å². The van der Waals surface area contributed by atoms with Crippen molar-refractivity contribution in [2.45, 2.75) is 0 Å². The molecule has 23 valence electrons. The van der Waals surface area contributed by atoms with E-state index in [1.165, 1.54) is 0 Å². The fourth-order valence-corrected chi connectivity index (χ4v) is 0. The maximum absolute atomic E-state index is 4.81. The summed E-state index contributed by atoms with van der Waals surface area (Å²) in [5, 5.41) is 2.29. The molecule has 2 heteroatoms. The highest BCUT2D eigenvalue weighted by Gasteiger charge is 1.48. The molecule has 0 aromatic rings. The van der Waals surface area contributed by atoms with Gasteiger partial charge in [-0.15, -0.1) is 0 Å². The van der Waals surface area contributed by atoms with Gasteiger partial charge in [0, 0.05) is 11.9 Å². The molecular formula is C2H4NS. The zero-order chi connectivity index (χ0) is 3.41. The van der Waals surface area contributed by atoms with E-state index in [0.717, 1.165) is 0 Å². The molecule has 1 radical (unpaired) electrons. The highest BCUT2D eigenvalue weighted by atomic mass is 32.1. The third-order valence-electron chi connectivity index (χ3n) is 0.0833. The zero-order valence-electron chi connectivity index (χ0n) is 2.19. The van der Waals surface area contributed by atoms with E-state index < -0.39 is 0 Å². The third-order valence-corrected chi connectivity index (χ3v) is 0.250. The van der Waals surface area contributed by atoms with Gasteiger partial charge in [0.25, 0.3) is 0 Å². The number of thiocarbonyl (C=S) groups is 1. The summed E-state index contributed by atoms with van der Waals surface area (Å²) in [6.45, 7) is 0.384. The first-order chi connectivity index (χ1) is 1.91. The van der Waals surface area contributed by atoms with Crippen LogP contribution in [0.15, 0.2) is 0 Å². The van der Waals surface area contributed by atoms with Gasteiger partial charge in [-0.25, -0.2) is 0 Å². The summed E-state index contributed by atoms with van der Waals surface area (Å²) in [5.41, 5.74) is 4.81. The van der Waals surface area contributed by atoms with Gasteiger partial charge in [0.05, 0.1) is 0 Å². The van der Waals surface area contributed by atoms with Gasteiger partial charge in [0.2, 0.25) is 0 Å². The van der Waals surface area contributed by atoms with Gasteiger partial charge in [-0.05, 0) is 0 Å². The lowest BCUT2D eigenvalue weighted by atomic mass is 10.8. The first-order valence-electron chi connectivity index (χ1n) is 0.966. The van der Waals surface area contributed by atoms with Crippen LogP contribution in [0.4, 0.5) is 0 Å². The van der Waals surface area contributed by atoms with Crippen LogP contribution in [0.1, 0.15) is 0 Å². The number of hydrogen-bond donors (Lipinski definition) is 1. The molecule has 0 aliphatic heterocycles. The van der Waals surface area contributed by atoms with Crippen molar-refractivity contribution in [1.29, 1.82) is 0 Å². The minimum Gasteiger partial charge on any atom is -0.326 e. The van der Waals surface area contributed by atoms with Gasteiger partial charge in [-0.1, -0.05) is 12.2 Å². The average molecular weight is 74.1 g/mol. The first kappa shape index (κ1) is 4.05. The van der Waals surface area contributed by atoms with Crippen LogP contribution in [0.25, 0.3) is 0 Å². The molecule has 0 aliphatic rings. The Labute approximate surface area is 30.8 Å². The quantitative estimate of drug-likeness (QED) is 0.437. The van der Waals surface area contributed by atoms with Crippen LogP contribution in [0, 0.1) is 0 Å². The summed E-state index contributed by atoms with van der Waals surface area (Å²) in [6.07, 6.45) is 0. The Morgan fingerprint density at radius 1 is 2.00 bits per heavy atom. The second-order valence-corrected chi connectivity index (χ2v) is 0.637. The summed E-state index contributed by atoms with van der Waals surface area (Å²) in [6, 6.07) is 0. The molecule has 0 spiro atoms. The van der Waals surface area contributed by atoms with E-state index in [4.69, 9.17) is 5.73 Å². The van der Waals surface area contributed by atoms with E-state index >= 15 is 0 Å². The van der Waals surface area contributed by atoms with Crippen LogP contribution in [0.2, 0.25) is 0 Å². The summed E-state index contributed by atoms with van der Waals surface area (Å²) in [7, 11) is 0. The van der Waals surface area contributed by atoms with Gasteiger partial charge >= 0.3 is 0 Å². The Kier molecular flexibility index (Phi) is 3.09. The van der Waals surface area contributed by atoms with Crippen molar-refractivity contribution in [3.8, 4) is 0 Å². The van der Waals surface area contributed by atoms with Crippen LogP contribution < -0.4 is 5.73 Å². The number of rotatable bonds is 1. The molecule has 0 heterocycles. The summed E-state index contributed by atoms with van der Waals surface area (Å²) in [4.78, 5) is 0. The Hall–Kier alpha value is 0.0500. The summed E-state index contributed by atoms with van der Waals surface area (Å²) >= 11 is 4.18. The molecule has 0 aromatic carbocycles. The topological polar surface area (TPSA) is 26.0 Å². The van der Waals surface area contributed by atoms with Gasteiger partial charge in [-0.2, -0.15) is 0 Å². The SMILES string of the molecule is NC[C]=S. The predicted molar refractivity (Wildman–Crippen MR) is 21.7 cm³/mol.